The second-order valence-electron chi connectivity index (χ2n) is 5.42. The molecule has 20 heavy (non-hydrogen) atoms. The van der Waals surface area contributed by atoms with Gasteiger partial charge in [0.2, 0.25) is 5.91 Å². The normalized spacial score (nSPS) is 20.6. The van der Waals surface area contributed by atoms with Crippen molar-refractivity contribution in [1.82, 2.24) is 4.90 Å². The van der Waals surface area contributed by atoms with Crippen molar-refractivity contribution >= 4 is 17.5 Å². The highest BCUT2D eigenvalue weighted by molar-refractivity contribution is 6.02. The van der Waals surface area contributed by atoms with Crippen LogP contribution >= 0.6 is 0 Å². The topological polar surface area (TPSA) is 58.6 Å². The van der Waals surface area contributed by atoms with Gasteiger partial charge in [0.05, 0.1) is 12.5 Å². The number of carbonyl (C=O) groups is 2. The van der Waals surface area contributed by atoms with Crippen molar-refractivity contribution in [2.75, 3.05) is 25.5 Å². The minimum atomic E-state index is -0.0375. The Balaban J connectivity index is 1.70. The van der Waals surface area contributed by atoms with Crippen molar-refractivity contribution < 1.29 is 14.3 Å². The summed E-state index contributed by atoms with van der Waals surface area (Å²) >= 11 is 0. The van der Waals surface area contributed by atoms with E-state index in [-0.39, 0.29) is 17.9 Å². The maximum atomic E-state index is 12.4. The van der Waals surface area contributed by atoms with Crippen molar-refractivity contribution in [2.45, 2.75) is 25.4 Å². The lowest BCUT2D eigenvalue weighted by molar-refractivity contribution is -0.115. The van der Waals surface area contributed by atoms with Gasteiger partial charge in [-0.15, -0.1) is 0 Å². The number of carbonyl (C=O) groups excluding carboxylic acids is 2. The molecule has 0 spiro atoms. The number of likely N-dealkylation sites (N-methyl/N-ethyl adjacent to an activating group) is 1. The van der Waals surface area contributed by atoms with Gasteiger partial charge < -0.3 is 15.0 Å². The molecule has 2 aliphatic heterocycles. The van der Waals surface area contributed by atoms with E-state index in [0.717, 1.165) is 30.7 Å². The van der Waals surface area contributed by atoms with Gasteiger partial charge >= 0.3 is 0 Å². The van der Waals surface area contributed by atoms with Gasteiger partial charge in [-0.05, 0) is 30.5 Å². The van der Waals surface area contributed by atoms with Gasteiger partial charge in [0.1, 0.15) is 0 Å². The molecule has 1 atom stereocenters. The Kier molecular flexibility index (Phi) is 3.44. The lowest BCUT2D eigenvalue weighted by Crippen LogP contribution is -2.34. The van der Waals surface area contributed by atoms with E-state index in [1.165, 1.54) is 0 Å². The first kappa shape index (κ1) is 13.1. The first-order chi connectivity index (χ1) is 9.63. The van der Waals surface area contributed by atoms with Gasteiger partial charge in [-0.3, -0.25) is 9.59 Å². The number of ether oxygens (including phenoxy) is 1. The summed E-state index contributed by atoms with van der Waals surface area (Å²) in [5.74, 6) is -0.0539. The molecule has 0 saturated carbocycles. The number of anilines is 1. The van der Waals surface area contributed by atoms with Gasteiger partial charge in [-0.25, -0.2) is 0 Å². The van der Waals surface area contributed by atoms with E-state index >= 15 is 0 Å². The minimum absolute atomic E-state index is 0.0164. The van der Waals surface area contributed by atoms with Gasteiger partial charge in [0.25, 0.3) is 5.91 Å². The maximum absolute atomic E-state index is 12.4. The smallest absolute Gasteiger partial charge is 0.253 e. The summed E-state index contributed by atoms with van der Waals surface area (Å²) in [6.07, 6.45) is 2.63. The third-order valence-electron chi connectivity index (χ3n) is 3.83. The molecule has 106 valence electrons. The van der Waals surface area contributed by atoms with E-state index in [1.54, 1.807) is 24.1 Å². The predicted octanol–water partition coefficient (Wildman–Crippen LogP) is 1.43. The SMILES string of the molecule is CN(CC1CCCO1)C(=O)c1ccc2c(c1)NC(=O)C2. The van der Waals surface area contributed by atoms with E-state index < -0.39 is 0 Å². The Hall–Kier alpha value is -1.88. The predicted molar refractivity (Wildman–Crippen MR) is 74.7 cm³/mol. The third-order valence-corrected chi connectivity index (χ3v) is 3.83. The van der Waals surface area contributed by atoms with E-state index in [4.69, 9.17) is 4.74 Å². The summed E-state index contributed by atoms with van der Waals surface area (Å²) in [5, 5.41) is 2.77. The molecular formula is C15H18N2O3. The van der Waals surface area contributed by atoms with Crippen molar-refractivity contribution in [1.29, 1.82) is 0 Å². The summed E-state index contributed by atoms with van der Waals surface area (Å²) < 4.78 is 5.55. The number of rotatable bonds is 3. The summed E-state index contributed by atoms with van der Waals surface area (Å²) in [4.78, 5) is 25.4. The Labute approximate surface area is 117 Å². The Bertz CT molecular complexity index is 550. The fourth-order valence-corrected chi connectivity index (χ4v) is 2.74. The highest BCUT2D eigenvalue weighted by atomic mass is 16.5. The molecule has 2 amide bonds. The minimum Gasteiger partial charge on any atom is -0.376 e. The molecular weight excluding hydrogens is 256 g/mol. The van der Waals surface area contributed by atoms with E-state index in [0.29, 0.717) is 18.5 Å². The standard InChI is InChI=1S/C15H18N2O3/c1-17(9-12-3-2-6-20-12)15(19)11-5-4-10-8-14(18)16-13(10)7-11/h4-5,7,12H,2-3,6,8-9H2,1H3,(H,16,18). The van der Waals surface area contributed by atoms with Crippen LogP contribution < -0.4 is 5.32 Å². The number of hydrogen-bond donors (Lipinski definition) is 1. The van der Waals surface area contributed by atoms with Gasteiger partial charge in [0, 0.05) is 31.5 Å². The molecule has 5 heteroatoms. The van der Waals surface area contributed by atoms with Gasteiger partial charge in [-0.1, -0.05) is 6.07 Å². The Morgan fingerprint density at radius 1 is 1.50 bits per heavy atom. The Morgan fingerprint density at radius 3 is 3.10 bits per heavy atom. The fraction of sp³-hybridized carbons (Fsp3) is 0.467. The average Bonchev–Trinajstić information content (AvgIpc) is 3.04. The number of benzene rings is 1. The quantitative estimate of drug-likeness (QED) is 0.907. The van der Waals surface area contributed by atoms with Crippen LogP contribution in [0, 0.1) is 0 Å². The fourth-order valence-electron chi connectivity index (χ4n) is 2.74. The van der Waals surface area contributed by atoms with Crippen LogP contribution in [0.25, 0.3) is 0 Å². The highest BCUT2D eigenvalue weighted by Crippen LogP contribution is 2.24. The number of hydrogen-bond acceptors (Lipinski definition) is 3. The van der Waals surface area contributed by atoms with Gasteiger partial charge in [0.15, 0.2) is 0 Å². The molecule has 2 aliphatic rings. The molecule has 0 bridgehead atoms. The zero-order valence-electron chi connectivity index (χ0n) is 11.5. The number of nitrogens with one attached hydrogen (secondary N) is 1. The van der Waals surface area contributed by atoms with E-state index in [2.05, 4.69) is 5.32 Å². The lowest BCUT2D eigenvalue weighted by Gasteiger charge is -2.21. The summed E-state index contributed by atoms with van der Waals surface area (Å²) in [5.41, 5.74) is 2.31. The molecule has 1 unspecified atom stereocenters. The van der Waals surface area contributed by atoms with Crippen molar-refractivity contribution in [3.63, 3.8) is 0 Å². The lowest BCUT2D eigenvalue weighted by atomic mass is 10.1. The van der Waals surface area contributed by atoms with Crippen molar-refractivity contribution in [3.8, 4) is 0 Å². The number of amides is 2. The second kappa shape index (κ2) is 5.25. The molecule has 3 rings (SSSR count). The molecule has 2 heterocycles. The molecule has 0 radical (unpaired) electrons. The second-order valence-corrected chi connectivity index (χ2v) is 5.42. The molecule has 1 fully saturated rings. The van der Waals surface area contributed by atoms with Gasteiger partial charge in [-0.2, -0.15) is 0 Å². The first-order valence-corrected chi connectivity index (χ1v) is 6.93. The van der Waals surface area contributed by atoms with Crippen molar-refractivity contribution in [3.05, 3.63) is 29.3 Å². The van der Waals surface area contributed by atoms with E-state index in [1.807, 2.05) is 6.07 Å². The zero-order valence-corrected chi connectivity index (χ0v) is 11.5. The van der Waals surface area contributed by atoms with Crippen LogP contribution in [-0.2, 0) is 16.0 Å². The maximum Gasteiger partial charge on any atom is 0.253 e. The zero-order chi connectivity index (χ0) is 14.1. The van der Waals surface area contributed by atoms with Crippen LogP contribution in [0.15, 0.2) is 18.2 Å². The van der Waals surface area contributed by atoms with Crippen LogP contribution in [-0.4, -0.2) is 43.0 Å². The molecule has 0 aliphatic carbocycles. The average molecular weight is 274 g/mol. The van der Waals surface area contributed by atoms with Crippen LogP contribution in [0.4, 0.5) is 5.69 Å². The molecule has 1 aromatic rings. The Morgan fingerprint density at radius 2 is 2.35 bits per heavy atom. The van der Waals surface area contributed by atoms with Crippen LogP contribution in [0.5, 0.6) is 0 Å². The van der Waals surface area contributed by atoms with Crippen molar-refractivity contribution in [2.24, 2.45) is 0 Å². The monoisotopic (exact) mass is 274 g/mol. The third kappa shape index (κ3) is 2.54. The molecule has 1 saturated heterocycles. The summed E-state index contributed by atoms with van der Waals surface area (Å²) in [6, 6.07) is 5.39. The first-order valence-electron chi connectivity index (χ1n) is 6.93. The molecule has 0 aromatic heterocycles. The molecule has 1 aromatic carbocycles. The molecule has 5 nitrogen and oxygen atoms in total. The number of fused-ring (bicyclic) bond motifs is 1. The van der Waals surface area contributed by atoms with Crippen LogP contribution in [0.3, 0.4) is 0 Å². The summed E-state index contributed by atoms with van der Waals surface area (Å²) in [7, 11) is 1.79. The van der Waals surface area contributed by atoms with E-state index in [9.17, 15) is 9.59 Å². The highest BCUT2D eigenvalue weighted by Gasteiger charge is 2.23. The van der Waals surface area contributed by atoms with Crippen LogP contribution in [0.1, 0.15) is 28.8 Å². The molecule has 1 N–H and O–H groups in total. The largest absolute Gasteiger partial charge is 0.376 e. The van der Waals surface area contributed by atoms with Crippen LogP contribution in [0.2, 0.25) is 0 Å². The number of nitrogens with zero attached hydrogens (tertiary/aromatic N) is 1. The summed E-state index contributed by atoms with van der Waals surface area (Å²) in [6.45, 7) is 1.40.